The number of ether oxygens (including phenoxy) is 2. The Morgan fingerprint density at radius 3 is 2.34 bits per heavy atom. The molecule has 4 saturated carbocycles. The van der Waals surface area contributed by atoms with E-state index in [1.54, 1.807) is 14.2 Å². The summed E-state index contributed by atoms with van der Waals surface area (Å²) in [6, 6.07) is 16.5. The third-order valence-electron chi connectivity index (χ3n) is 7.59. The van der Waals surface area contributed by atoms with E-state index in [1.807, 2.05) is 18.2 Å². The number of benzene rings is 2. The van der Waals surface area contributed by atoms with E-state index in [4.69, 9.17) is 9.47 Å². The van der Waals surface area contributed by atoms with Crippen LogP contribution in [-0.4, -0.2) is 20.1 Å². The molecule has 0 radical (unpaired) electrons. The van der Waals surface area contributed by atoms with Gasteiger partial charge in [-0.1, -0.05) is 30.3 Å². The van der Waals surface area contributed by atoms with Crippen LogP contribution in [0, 0.1) is 17.3 Å². The molecule has 4 fully saturated rings. The van der Waals surface area contributed by atoms with Gasteiger partial charge in [0.05, 0.1) is 25.3 Å². The average molecular weight is 392 g/mol. The Bertz CT molecular complexity index is 909. The summed E-state index contributed by atoms with van der Waals surface area (Å²) in [5.41, 5.74) is 2.04. The largest absolute Gasteiger partial charge is 0.497 e. The van der Waals surface area contributed by atoms with Gasteiger partial charge in [0.15, 0.2) is 0 Å². The second-order valence-corrected chi connectivity index (χ2v) is 9.41. The van der Waals surface area contributed by atoms with Crippen molar-refractivity contribution in [2.24, 2.45) is 17.3 Å². The van der Waals surface area contributed by atoms with Gasteiger partial charge in [-0.25, -0.2) is 0 Å². The average Bonchev–Trinajstić information content (AvgIpc) is 2.73. The van der Waals surface area contributed by atoms with E-state index in [0.29, 0.717) is 17.6 Å². The Morgan fingerprint density at radius 2 is 1.69 bits per heavy atom. The summed E-state index contributed by atoms with van der Waals surface area (Å²) in [4.78, 5) is 13.7. The van der Waals surface area contributed by atoms with Crippen molar-refractivity contribution in [3.05, 3.63) is 54.1 Å². The summed E-state index contributed by atoms with van der Waals surface area (Å²) in [5.74, 6) is 2.83. The van der Waals surface area contributed by atoms with E-state index in [0.717, 1.165) is 30.7 Å². The third-order valence-corrected chi connectivity index (χ3v) is 7.59. The highest BCUT2D eigenvalue weighted by Gasteiger charge is 2.60. The maximum Gasteiger partial charge on any atom is 0.230 e. The van der Waals surface area contributed by atoms with Gasteiger partial charge in [-0.05, 0) is 73.5 Å². The molecule has 152 valence electrons. The molecular formula is C25H29NO3. The lowest BCUT2D eigenvalue weighted by Crippen LogP contribution is -2.57. The zero-order chi connectivity index (χ0) is 20.1. The van der Waals surface area contributed by atoms with Gasteiger partial charge in [0.25, 0.3) is 0 Å². The number of rotatable bonds is 5. The molecular weight excluding hydrogens is 362 g/mol. The highest BCUT2D eigenvalue weighted by atomic mass is 16.5. The zero-order valence-electron chi connectivity index (χ0n) is 17.2. The van der Waals surface area contributed by atoms with Gasteiger partial charge >= 0.3 is 0 Å². The van der Waals surface area contributed by atoms with Crippen molar-refractivity contribution in [3.63, 3.8) is 0 Å². The fraction of sp³-hybridized carbons (Fsp3) is 0.480. The van der Waals surface area contributed by atoms with E-state index in [2.05, 4.69) is 35.6 Å². The van der Waals surface area contributed by atoms with E-state index in [1.165, 1.54) is 24.8 Å². The molecule has 4 heteroatoms. The minimum atomic E-state index is -0.273. The van der Waals surface area contributed by atoms with Crippen molar-refractivity contribution < 1.29 is 14.3 Å². The Kier molecular flexibility index (Phi) is 4.34. The lowest BCUT2D eigenvalue weighted by Gasteiger charge is -2.61. The van der Waals surface area contributed by atoms with Crippen LogP contribution in [0.1, 0.15) is 44.1 Å². The number of nitrogens with one attached hydrogen (secondary N) is 1. The van der Waals surface area contributed by atoms with E-state index in [9.17, 15) is 4.79 Å². The summed E-state index contributed by atoms with van der Waals surface area (Å²) >= 11 is 0. The highest BCUT2D eigenvalue weighted by molar-refractivity contribution is 5.97. The van der Waals surface area contributed by atoms with Crippen LogP contribution < -0.4 is 14.8 Å². The van der Waals surface area contributed by atoms with Crippen molar-refractivity contribution in [3.8, 4) is 11.5 Å². The lowest BCUT2D eigenvalue weighted by atomic mass is 9.42. The SMILES string of the molecule is COc1ccc(NC(=O)C23C[C@H]4C[C@H](C2)CC(c2ccccc2)(C4)C3)c(OC)c1. The number of hydrogen-bond acceptors (Lipinski definition) is 3. The molecule has 29 heavy (non-hydrogen) atoms. The first kappa shape index (κ1) is 18.5. The number of anilines is 1. The van der Waals surface area contributed by atoms with Crippen LogP contribution in [0.15, 0.2) is 48.5 Å². The third kappa shape index (κ3) is 3.00. The van der Waals surface area contributed by atoms with Gasteiger partial charge in [0, 0.05) is 6.07 Å². The van der Waals surface area contributed by atoms with Crippen LogP contribution in [0.2, 0.25) is 0 Å². The second kappa shape index (κ2) is 6.79. The molecule has 4 bridgehead atoms. The molecule has 0 unspecified atom stereocenters. The molecule has 1 amide bonds. The standard InChI is InChI=1S/C25H29NO3/c1-28-20-8-9-21(22(11-20)29-2)26-23(27)25-14-17-10-18(15-25)13-24(12-17,16-25)19-6-4-3-5-7-19/h3-9,11,17-18H,10,12-16H2,1-2H3,(H,26,27)/t17-,18-,24?,25?/m0/s1. The maximum absolute atomic E-state index is 13.7. The summed E-state index contributed by atoms with van der Waals surface area (Å²) in [6.07, 6.45) is 6.74. The van der Waals surface area contributed by atoms with Gasteiger partial charge in [0.1, 0.15) is 11.5 Å². The topological polar surface area (TPSA) is 47.6 Å². The summed E-state index contributed by atoms with van der Waals surface area (Å²) in [5, 5.41) is 3.22. The molecule has 2 aromatic rings. The van der Waals surface area contributed by atoms with Crippen molar-refractivity contribution in [1.82, 2.24) is 0 Å². The summed E-state index contributed by atoms with van der Waals surface area (Å²) in [6.45, 7) is 0. The van der Waals surface area contributed by atoms with Crippen molar-refractivity contribution in [2.75, 3.05) is 19.5 Å². The normalized spacial score (nSPS) is 32.1. The minimum Gasteiger partial charge on any atom is -0.497 e. The molecule has 4 aliphatic rings. The molecule has 0 aromatic heterocycles. The predicted octanol–water partition coefficient (Wildman–Crippen LogP) is 5.18. The van der Waals surface area contributed by atoms with Crippen LogP contribution in [0.4, 0.5) is 5.69 Å². The molecule has 4 aliphatic carbocycles. The number of amides is 1. The molecule has 2 aromatic carbocycles. The van der Waals surface area contributed by atoms with Gasteiger partial charge in [0.2, 0.25) is 5.91 Å². The Morgan fingerprint density at radius 1 is 0.966 bits per heavy atom. The van der Waals surface area contributed by atoms with Gasteiger partial charge in [-0.15, -0.1) is 0 Å². The second-order valence-electron chi connectivity index (χ2n) is 9.41. The van der Waals surface area contributed by atoms with Crippen LogP contribution in [0.3, 0.4) is 0 Å². The molecule has 1 N–H and O–H groups in total. The molecule has 0 saturated heterocycles. The fourth-order valence-corrected chi connectivity index (χ4v) is 6.81. The quantitative estimate of drug-likeness (QED) is 0.764. The Labute approximate surface area is 172 Å². The first-order valence-corrected chi connectivity index (χ1v) is 10.6. The van der Waals surface area contributed by atoms with Crippen LogP contribution in [-0.2, 0) is 10.2 Å². The van der Waals surface area contributed by atoms with E-state index in [-0.39, 0.29) is 16.7 Å². The molecule has 4 nitrogen and oxygen atoms in total. The Hall–Kier alpha value is -2.49. The van der Waals surface area contributed by atoms with Gasteiger partial charge in [-0.2, -0.15) is 0 Å². The van der Waals surface area contributed by atoms with Crippen LogP contribution in [0.25, 0.3) is 0 Å². The molecule has 0 spiro atoms. The molecule has 0 heterocycles. The predicted molar refractivity (Wildman–Crippen MR) is 113 cm³/mol. The van der Waals surface area contributed by atoms with Crippen LogP contribution in [0.5, 0.6) is 11.5 Å². The Balaban J connectivity index is 1.46. The smallest absolute Gasteiger partial charge is 0.230 e. The number of carbonyl (C=O) groups is 1. The molecule has 0 aliphatic heterocycles. The van der Waals surface area contributed by atoms with Gasteiger partial charge in [-0.3, -0.25) is 4.79 Å². The van der Waals surface area contributed by atoms with E-state index >= 15 is 0 Å². The van der Waals surface area contributed by atoms with Crippen molar-refractivity contribution in [1.29, 1.82) is 0 Å². The van der Waals surface area contributed by atoms with E-state index < -0.39 is 0 Å². The number of carbonyl (C=O) groups excluding carboxylic acids is 1. The highest BCUT2D eigenvalue weighted by Crippen LogP contribution is 2.66. The summed E-state index contributed by atoms with van der Waals surface area (Å²) in [7, 11) is 3.25. The minimum absolute atomic E-state index is 0.159. The monoisotopic (exact) mass is 391 g/mol. The number of hydrogen-bond donors (Lipinski definition) is 1. The van der Waals surface area contributed by atoms with Crippen molar-refractivity contribution >= 4 is 11.6 Å². The summed E-state index contributed by atoms with van der Waals surface area (Å²) < 4.78 is 10.8. The van der Waals surface area contributed by atoms with Crippen molar-refractivity contribution in [2.45, 2.75) is 43.9 Å². The first-order chi connectivity index (χ1) is 14.1. The van der Waals surface area contributed by atoms with Gasteiger partial charge < -0.3 is 14.8 Å². The fourth-order valence-electron chi connectivity index (χ4n) is 6.81. The first-order valence-electron chi connectivity index (χ1n) is 10.6. The molecule has 2 atom stereocenters. The zero-order valence-corrected chi connectivity index (χ0v) is 17.2. The van der Waals surface area contributed by atoms with Crippen LogP contribution >= 0.6 is 0 Å². The number of methoxy groups -OCH3 is 2. The lowest BCUT2D eigenvalue weighted by molar-refractivity contribution is -0.143. The maximum atomic E-state index is 13.7. The molecule has 6 rings (SSSR count).